The van der Waals surface area contributed by atoms with E-state index in [0.29, 0.717) is 64.1 Å². The van der Waals surface area contributed by atoms with Crippen LogP contribution in [0.2, 0.25) is 0 Å². The van der Waals surface area contributed by atoms with Crippen molar-refractivity contribution in [1.82, 2.24) is 9.80 Å². The number of nitrogens with zero attached hydrogens (tertiary/aromatic N) is 2. The fourth-order valence-corrected chi connectivity index (χ4v) is 3.02. The summed E-state index contributed by atoms with van der Waals surface area (Å²) in [5, 5.41) is 0. The zero-order valence-electron chi connectivity index (χ0n) is 17.4. The molecule has 1 heterocycles. The molecule has 1 aromatic rings. The van der Waals surface area contributed by atoms with Gasteiger partial charge in [0.15, 0.2) is 0 Å². The van der Waals surface area contributed by atoms with E-state index in [-0.39, 0.29) is 12.0 Å². The Morgan fingerprint density at radius 1 is 1.04 bits per heavy atom. The summed E-state index contributed by atoms with van der Waals surface area (Å²) >= 11 is 0. The molecule has 0 unspecified atom stereocenters. The largest absolute Gasteiger partial charge is 0.494 e. The summed E-state index contributed by atoms with van der Waals surface area (Å²) in [4.78, 5) is 28.1. The Labute approximate surface area is 167 Å². The van der Waals surface area contributed by atoms with E-state index < -0.39 is 0 Å². The second-order valence-electron chi connectivity index (χ2n) is 7.14. The summed E-state index contributed by atoms with van der Waals surface area (Å²) < 4.78 is 16.4. The maximum atomic E-state index is 12.9. The van der Waals surface area contributed by atoms with Crippen LogP contribution in [-0.2, 0) is 16.1 Å². The van der Waals surface area contributed by atoms with Gasteiger partial charge in [-0.2, -0.15) is 0 Å². The normalized spacial score (nSPS) is 14.3. The van der Waals surface area contributed by atoms with Crippen molar-refractivity contribution in [3.8, 4) is 5.75 Å². The molecule has 0 aromatic heterocycles. The van der Waals surface area contributed by atoms with Crippen LogP contribution < -0.4 is 4.74 Å². The van der Waals surface area contributed by atoms with Crippen LogP contribution in [0.3, 0.4) is 0 Å². The minimum absolute atomic E-state index is 0.0448. The highest BCUT2D eigenvalue weighted by molar-refractivity contribution is 5.94. The number of rotatable bonds is 8. The summed E-state index contributed by atoms with van der Waals surface area (Å²) in [7, 11) is 0. The van der Waals surface area contributed by atoms with Crippen LogP contribution >= 0.6 is 0 Å². The minimum atomic E-state index is -0.319. The first-order valence-corrected chi connectivity index (χ1v) is 10.0. The number of piperazine rings is 1. The maximum absolute atomic E-state index is 12.9. The van der Waals surface area contributed by atoms with Crippen molar-refractivity contribution in [1.29, 1.82) is 0 Å². The fraction of sp³-hybridized carbons (Fsp3) is 0.619. The van der Waals surface area contributed by atoms with E-state index in [4.69, 9.17) is 14.2 Å². The first-order chi connectivity index (χ1) is 13.5. The van der Waals surface area contributed by atoms with Crippen LogP contribution in [0.25, 0.3) is 0 Å². The van der Waals surface area contributed by atoms with Gasteiger partial charge in [-0.25, -0.2) is 4.79 Å². The average Bonchev–Trinajstić information content (AvgIpc) is 2.69. The number of benzene rings is 1. The quantitative estimate of drug-likeness (QED) is 0.680. The molecule has 2 rings (SSSR count). The molecule has 0 radical (unpaired) electrons. The molecule has 7 heteroatoms. The molecular weight excluding hydrogens is 360 g/mol. The summed E-state index contributed by atoms with van der Waals surface area (Å²) in [6.45, 7) is 11.8. The Kier molecular flexibility index (Phi) is 8.57. The maximum Gasteiger partial charge on any atom is 0.409 e. The van der Waals surface area contributed by atoms with Gasteiger partial charge in [0.1, 0.15) is 5.75 Å². The number of carbonyl (C=O) groups excluding carboxylic acids is 2. The van der Waals surface area contributed by atoms with Gasteiger partial charge >= 0.3 is 6.09 Å². The number of hydrogen-bond donors (Lipinski definition) is 0. The van der Waals surface area contributed by atoms with Crippen molar-refractivity contribution in [2.45, 2.75) is 34.3 Å². The van der Waals surface area contributed by atoms with Crippen molar-refractivity contribution >= 4 is 12.0 Å². The van der Waals surface area contributed by atoms with E-state index in [0.717, 1.165) is 11.3 Å². The van der Waals surface area contributed by atoms with E-state index in [1.165, 1.54) is 0 Å². The van der Waals surface area contributed by atoms with Crippen molar-refractivity contribution in [3.63, 3.8) is 0 Å². The van der Waals surface area contributed by atoms with Gasteiger partial charge in [0.2, 0.25) is 0 Å². The van der Waals surface area contributed by atoms with Gasteiger partial charge in [0.25, 0.3) is 5.91 Å². The number of ether oxygens (including phenoxy) is 3. The van der Waals surface area contributed by atoms with Gasteiger partial charge in [-0.05, 0) is 38.0 Å². The molecule has 1 aliphatic rings. The van der Waals surface area contributed by atoms with Crippen molar-refractivity contribution in [2.75, 3.05) is 46.0 Å². The molecule has 0 bridgehead atoms. The summed E-state index contributed by atoms with van der Waals surface area (Å²) in [5.41, 5.74) is 1.48. The molecule has 0 spiro atoms. The van der Waals surface area contributed by atoms with Crippen LogP contribution in [0, 0.1) is 5.92 Å². The molecule has 7 nitrogen and oxygen atoms in total. The Balaban J connectivity index is 2.03. The summed E-state index contributed by atoms with van der Waals surface area (Å²) in [6.07, 6.45) is -0.319. The van der Waals surface area contributed by atoms with E-state index >= 15 is 0 Å². The lowest BCUT2D eigenvalue weighted by molar-refractivity contribution is 0.0569. The van der Waals surface area contributed by atoms with Gasteiger partial charge in [0, 0.05) is 43.9 Å². The van der Waals surface area contributed by atoms with E-state index in [2.05, 4.69) is 13.8 Å². The highest BCUT2D eigenvalue weighted by atomic mass is 16.6. The van der Waals surface area contributed by atoms with E-state index in [9.17, 15) is 9.59 Å². The zero-order valence-corrected chi connectivity index (χ0v) is 17.4. The molecule has 2 amide bonds. The van der Waals surface area contributed by atoms with Crippen molar-refractivity contribution < 1.29 is 23.8 Å². The molecule has 1 aromatic carbocycles. The van der Waals surface area contributed by atoms with Crippen LogP contribution in [0.4, 0.5) is 4.79 Å². The molecule has 1 saturated heterocycles. The molecule has 1 aliphatic heterocycles. The smallest absolute Gasteiger partial charge is 0.409 e. The lowest BCUT2D eigenvalue weighted by Crippen LogP contribution is -2.50. The Hall–Kier alpha value is -2.28. The molecular formula is C21H32N2O5. The minimum Gasteiger partial charge on any atom is -0.494 e. The lowest BCUT2D eigenvalue weighted by Gasteiger charge is -2.34. The third kappa shape index (κ3) is 6.12. The topological polar surface area (TPSA) is 68.3 Å². The van der Waals surface area contributed by atoms with Crippen molar-refractivity contribution in [2.24, 2.45) is 5.92 Å². The third-order valence-electron chi connectivity index (χ3n) is 4.41. The standard InChI is InChI=1S/C21H32N2O5/c1-5-27-19-8-7-17(13-18(19)15-26-14-16(3)4)20(24)22-9-11-23(12-10-22)21(25)28-6-2/h7-8,13,16H,5-6,9-12,14-15H2,1-4H3. The first kappa shape index (κ1) is 22.0. The second kappa shape index (κ2) is 10.9. The molecule has 0 saturated carbocycles. The molecule has 1 fully saturated rings. The fourth-order valence-electron chi connectivity index (χ4n) is 3.02. The van der Waals surface area contributed by atoms with Crippen LogP contribution in [0.1, 0.15) is 43.6 Å². The first-order valence-electron chi connectivity index (χ1n) is 10.0. The lowest BCUT2D eigenvalue weighted by atomic mass is 10.1. The molecule has 156 valence electrons. The van der Waals surface area contributed by atoms with Gasteiger partial charge < -0.3 is 24.0 Å². The third-order valence-corrected chi connectivity index (χ3v) is 4.41. The number of hydrogen-bond acceptors (Lipinski definition) is 5. The Morgan fingerprint density at radius 2 is 1.71 bits per heavy atom. The van der Waals surface area contributed by atoms with Gasteiger partial charge in [-0.3, -0.25) is 4.79 Å². The monoisotopic (exact) mass is 392 g/mol. The van der Waals surface area contributed by atoms with Gasteiger partial charge in [-0.1, -0.05) is 13.8 Å². The average molecular weight is 392 g/mol. The Bertz CT molecular complexity index is 654. The van der Waals surface area contributed by atoms with Crippen LogP contribution in [0.5, 0.6) is 5.75 Å². The van der Waals surface area contributed by atoms with Crippen LogP contribution in [0.15, 0.2) is 18.2 Å². The molecule has 28 heavy (non-hydrogen) atoms. The Morgan fingerprint density at radius 3 is 2.32 bits per heavy atom. The van der Waals surface area contributed by atoms with Gasteiger partial charge in [0.05, 0.1) is 19.8 Å². The van der Waals surface area contributed by atoms with Gasteiger partial charge in [-0.15, -0.1) is 0 Å². The van der Waals surface area contributed by atoms with E-state index in [1.54, 1.807) is 22.8 Å². The van der Waals surface area contributed by atoms with Crippen LogP contribution in [-0.4, -0.2) is 67.8 Å². The number of carbonyl (C=O) groups is 2. The molecule has 0 atom stereocenters. The number of amides is 2. The second-order valence-corrected chi connectivity index (χ2v) is 7.14. The highest BCUT2D eigenvalue weighted by Crippen LogP contribution is 2.23. The predicted molar refractivity (Wildman–Crippen MR) is 107 cm³/mol. The van der Waals surface area contributed by atoms with E-state index in [1.807, 2.05) is 19.1 Å². The van der Waals surface area contributed by atoms with Crippen molar-refractivity contribution in [3.05, 3.63) is 29.3 Å². The molecule has 0 aliphatic carbocycles. The predicted octanol–water partition coefficient (Wildman–Crippen LogP) is 3.17. The zero-order chi connectivity index (χ0) is 20.5. The summed E-state index contributed by atoms with van der Waals surface area (Å²) in [5.74, 6) is 1.14. The summed E-state index contributed by atoms with van der Waals surface area (Å²) in [6, 6.07) is 5.47. The highest BCUT2D eigenvalue weighted by Gasteiger charge is 2.26. The molecule has 0 N–H and O–H groups in total. The SMILES string of the molecule is CCOC(=O)N1CCN(C(=O)c2ccc(OCC)c(COCC(C)C)c2)CC1.